The average Bonchev–Trinajstić information content (AvgIpc) is 2.24. The Morgan fingerprint density at radius 2 is 2.00 bits per heavy atom. The molecule has 0 aliphatic heterocycles. The largest absolute Gasteiger partial charge is 0.368 e. The van der Waals surface area contributed by atoms with Gasteiger partial charge in [-0.3, -0.25) is 9.59 Å². The number of carbonyl (C=O) groups excluding carboxylic acids is 1. The van der Waals surface area contributed by atoms with Gasteiger partial charge in [0.05, 0.1) is 0 Å². The first-order chi connectivity index (χ1) is 8.64. The van der Waals surface area contributed by atoms with Gasteiger partial charge in [-0.2, -0.15) is 0 Å². The minimum atomic E-state index is -0.615. The van der Waals surface area contributed by atoms with Gasteiger partial charge < -0.3 is 15.6 Å². The van der Waals surface area contributed by atoms with E-state index < -0.39 is 11.9 Å². The number of rotatable bonds is 4. The second-order valence-corrected chi connectivity index (χ2v) is 5.89. The highest BCUT2D eigenvalue weighted by molar-refractivity contribution is 5.82. The van der Waals surface area contributed by atoms with Crippen molar-refractivity contribution < 1.29 is 4.79 Å². The molecule has 106 valence electrons. The SMILES string of the molecule is CC(C)C(Nc1nccn(C(C)(C)C)c1=O)C(N)=O. The summed E-state index contributed by atoms with van der Waals surface area (Å²) in [5.41, 5.74) is 4.71. The zero-order valence-electron chi connectivity index (χ0n) is 12.1. The Balaban J connectivity index is 3.16. The van der Waals surface area contributed by atoms with Crippen LogP contribution in [0.1, 0.15) is 34.6 Å². The molecule has 1 aromatic heterocycles. The average molecular weight is 266 g/mol. The Hall–Kier alpha value is -1.85. The number of nitrogens with one attached hydrogen (secondary N) is 1. The van der Waals surface area contributed by atoms with E-state index in [1.807, 2.05) is 34.6 Å². The number of nitrogens with zero attached hydrogens (tertiary/aromatic N) is 2. The van der Waals surface area contributed by atoms with Crippen LogP contribution in [0.4, 0.5) is 5.82 Å². The van der Waals surface area contributed by atoms with Gasteiger partial charge in [0, 0.05) is 17.9 Å². The molecule has 1 atom stereocenters. The Morgan fingerprint density at radius 1 is 1.42 bits per heavy atom. The number of aromatic nitrogens is 2. The molecule has 0 aliphatic carbocycles. The van der Waals surface area contributed by atoms with E-state index in [1.54, 1.807) is 10.8 Å². The van der Waals surface area contributed by atoms with Crippen LogP contribution in [-0.4, -0.2) is 21.5 Å². The van der Waals surface area contributed by atoms with Gasteiger partial charge in [0.15, 0.2) is 5.82 Å². The molecule has 1 aromatic rings. The van der Waals surface area contributed by atoms with Gasteiger partial charge >= 0.3 is 0 Å². The molecule has 0 fully saturated rings. The van der Waals surface area contributed by atoms with Gasteiger partial charge in [0.25, 0.3) is 5.56 Å². The maximum absolute atomic E-state index is 12.3. The molecule has 1 unspecified atom stereocenters. The Bertz CT molecular complexity index is 514. The summed E-state index contributed by atoms with van der Waals surface area (Å²) in [5, 5.41) is 2.84. The number of anilines is 1. The second kappa shape index (κ2) is 5.42. The fourth-order valence-corrected chi connectivity index (χ4v) is 1.75. The Labute approximate surface area is 113 Å². The van der Waals surface area contributed by atoms with E-state index in [4.69, 9.17) is 5.73 Å². The van der Waals surface area contributed by atoms with Gasteiger partial charge in [0.2, 0.25) is 5.91 Å². The maximum atomic E-state index is 12.3. The van der Waals surface area contributed by atoms with E-state index in [0.29, 0.717) is 0 Å². The Morgan fingerprint density at radius 3 is 2.42 bits per heavy atom. The first-order valence-electron chi connectivity index (χ1n) is 6.28. The summed E-state index contributed by atoms with van der Waals surface area (Å²) < 4.78 is 1.57. The van der Waals surface area contributed by atoms with Crippen molar-refractivity contribution in [2.75, 3.05) is 5.32 Å². The van der Waals surface area contributed by atoms with E-state index in [1.165, 1.54) is 6.20 Å². The maximum Gasteiger partial charge on any atom is 0.293 e. The molecule has 0 saturated carbocycles. The highest BCUT2D eigenvalue weighted by atomic mass is 16.1. The molecule has 0 bridgehead atoms. The minimum absolute atomic E-state index is 0.0259. The molecule has 0 aliphatic rings. The molecule has 6 heteroatoms. The summed E-state index contributed by atoms with van der Waals surface area (Å²) in [5.74, 6) is -0.376. The van der Waals surface area contributed by atoms with Crippen LogP contribution in [-0.2, 0) is 10.3 Å². The molecule has 6 nitrogen and oxygen atoms in total. The third kappa shape index (κ3) is 3.56. The van der Waals surface area contributed by atoms with Crippen LogP contribution in [0.3, 0.4) is 0 Å². The van der Waals surface area contributed by atoms with E-state index in [2.05, 4.69) is 10.3 Å². The van der Waals surface area contributed by atoms with Crippen molar-refractivity contribution in [3.05, 3.63) is 22.7 Å². The predicted octanol–water partition coefficient (Wildman–Crippen LogP) is 0.920. The fourth-order valence-electron chi connectivity index (χ4n) is 1.75. The van der Waals surface area contributed by atoms with Gasteiger partial charge in [-0.05, 0) is 26.7 Å². The summed E-state index contributed by atoms with van der Waals surface area (Å²) in [6.07, 6.45) is 3.16. The topological polar surface area (TPSA) is 90.0 Å². The molecule has 0 aromatic carbocycles. The number of nitrogens with two attached hydrogens (primary N) is 1. The lowest BCUT2D eigenvalue weighted by atomic mass is 10.0. The van der Waals surface area contributed by atoms with Crippen molar-refractivity contribution in [3.8, 4) is 0 Å². The summed E-state index contributed by atoms with van der Waals surface area (Å²) in [4.78, 5) is 27.6. The molecule has 1 rings (SSSR count). The first kappa shape index (κ1) is 15.2. The molecule has 19 heavy (non-hydrogen) atoms. The summed E-state index contributed by atoms with van der Waals surface area (Å²) in [6.45, 7) is 9.48. The van der Waals surface area contributed by atoms with Crippen LogP contribution in [0.2, 0.25) is 0 Å². The van der Waals surface area contributed by atoms with Crippen molar-refractivity contribution >= 4 is 11.7 Å². The summed E-state index contributed by atoms with van der Waals surface area (Å²) >= 11 is 0. The molecule has 1 heterocycles. The van der Waals surface area contributed by atoms with Gasteiger partial charge in [-0.15, -0.1) is 0 Å². The Kier molecular flexibility index (Phi) is 4.34. The van der Waals surface area contributed by atoms with Gasteiger partial charge in [-0.1, -0.05) is 13.8 Å². The normalized spacial score (nSPS) is 13.4. The first-order valence-corrected chi connectivity index (χ1v) is 6.28. The molecule has 1 amide bonds. The van der Waals surface area contributed by atoms with E-state index in [0.717, 1.165) is 0 Å². The lowest BCUT2D eigenvalue weighted by Gasteiger charge is -2.24. The number of hydrogen-bond donors (Lipinski definition) is 2. The van der Waals surface area contributed by atoms with Crippen LogP contribution in [0, 0.1) is 5.92 Å². The summed E-state index contributed by atoms with van der Waals surface area (Å²) in [6, 6.07) is -0.615. The van der Waals surface area contributed by atoms with Gasteiger partial charge in [0.1, 0.15) is 6.04 Å². The molecule has 0 saturated heterocycles. The predicted molar refractivity (Wildman–Crippen MR) is 74.9 cm³/mol. The van der Waals surface area contributed by atoms with Crippen LogP contribution in [0.15, 0.2) is 17.2 Å². The zero-order chi connectivity index (χ0) is 14.8. The highest BCUT2D eigenvalue weighted by Gasteiger charge is 2.23. The van der Waals surface area contributed by atoms with E-state index >= 15 is 0 Å². The van der Waals surface area contributed by atoms with Crippen molar-refractivity contribution in [2.45, 2.75) is 46.2 Å². The van der Waals surface area contributed by atoms with Crippen LogP contribution < -0.4 is 16.6 Å². The molecule has 0 radical (unpaired) electrons. The van der Waals surface area contributed by atoms with Crippen molar-refractivity contribution in [1.82, 2.24) is 9.55 Å². The fraction of sp³-hybridized carbons (Fsp3) is 0.615. The van der Waals surface area contributed by atoms with Crippen molar-refractivity contribution in [3.63, 3.8) is 0 Å². The molecule has 3 N–H and O–H groups in total. The minimum Gasteiger partial charge on any atom is -0.368 e. The standard InChI is InChI=1S/C13H22N4O2/c1-8(2)9(10(14)18)16-11-12(19)17(7-6-15-11)13(3,4)5/h6-9H,1-5H3,(H2,14,18)(H,15,16). The van der Waals surface area contributed by atoms with Crippen LogP contribution in [0.25, 0.3) is 0 Å². The number of amides is 1. The van der Waals surface area contributed by atoms with Crippen molar-refractivity contribution in [2.24, 2.45) is 11.7 Å². The van der Waals surface area contributed by atoms with Crippen molar-refractivity contribution in [1.29, 1.82) is 0 Å². The lowest BCUT2D eigenvalue weighted by molar-refractivity contribution is -0.119. The summed E-state index contributed by atoms with van der Waals surface area (Å²) in [7, 11) is 0. The molecular formula is C13H22N4O2. The molecule has 0 spiro atoms. The van der Waals surface area contributed by atoms with Crippen LogP contribution in [0.5, 0.6) is 0 Å². The van der Waals surface area contributed by atoms with E-state index in [-0.39, 0.29) is 22.8 Å². The van der Waals surface area contributed by atoms with Gasteiger partial charge in [-0.25, -0.2) is 4.98 Å². The highest BCUT2D eigenvalue weighted by Crippen LogP contribution is 2.12. The number of hydrogen-bond acceptors (Lipinski definition) is 4. The van der Waals surface area contributed by atoms with E-state index in [9.17, 15) is 9.59 Å². The zero-order valence-corrected chi connectivity index (χ0v) is 12.1. The second-order valence-electron chi connectivity index (χ2n) is 5.89. The third-order valence-electron chi connectivity index (χ3n) is 2.83. The number of carbonyl (C=O) groups is 1. The number of primary amides is 1. The smallest absolute Gasteiger partial charge is 0.293 e. The lowest BCUT2D eigenvalue weighted by Crippen LogP contribution is -2.43. The monoisotopic (exact) mass is 266 g/mol. The third-order valence-corrected chi connectivity index (χ3v) is 2.83. The van der Waals surface area contributed by atoms with Crippen LogP contribution >= 0.6 is 0 Å². The molecular weight excluding hydrogens is 244 g/mol. The quantitative estimate of drug-likeness (QED) is 0.848.